The SMILES string of the molecule is CN(C)CCCNC(=O)Nc1ccc2cc(-c3ccccc3)c(=O)oc2c1. The number of rotatable bonds is 6. The summed E-state index contributed by atoms with van der Waals surface area (Å²) < 4.78 is 5.46. The predicted octanol–water partition coefficient (Wildman–Crippen LogP) is 3.53. The van der Waals surface area contributed by atoms with Crippen LogP contribution in [0.3, 0.4) is 0 Å². The third-order valence-electron chi connectivity index (χ3n) is 4.15. The molecular formula is C21H23N3O3. The van der Waals surface area contributed by atoms with Crippen molar-refractivity contribution in [3.63, 3.8) is 0 Å². The van der Waals surface area contributed by atoms with E-state index < -0.39 is 5.63 Å². The van der Waals surface area contributed by atoms with Crippen molar-refractivity contribution >= 4 is 22.7 Å². The van der Waals surface area contributed by atoms with E-state index in [1.54, 1.807) is 12.1 Å². The molecule has 6 heteroatoms. The molecule has 1 heterocycles. The van der Waals surface area contributed by atoms with Crippen LogP contribution in [0.1, 0.15) is 6.42 Å². The Bertz CT molecular complexity index is 981. The smallest absolute Gasteiger partial charge is 0.344 e. The van der Waals surface area contributed by atoms with Gasteiger partial charge in [-0.25, -0.2) is 9.59 Å². The summed E-state index contributed by atoms with van der Waals surface area (Å²) in [6, 6.07) is 16.2. The maximum absolute atomic E-state index is 12.3. The lowest BCUT2D eigenvalue weighted by molar-refractivity contribution is 0.251. The van der Waals surface area contributed by atoms with Crippen LogP contribution in [0.4, 0.5) is 10.5 Å². The summed E-state index contributed by atoms with van der Waals surface area (Å²) in [5.74, 6) is 0. The van der Waals surface area contributed by atoms with Gasteiger partial charge in [0.1, 0.15) is 5.58 Å². The number of fused-ring (bicyclic) bond motifs is 1. The lowest BCUT2D eigenvalue weighted by Crippen LogP contribution is -2.31. The van der Waals surface area contributed by atoms with Crippen molar-refractivity contribution in [1.82, 2.24) is 10.2 Å². The van der Waals surface area contributed by atoms with Gasteiger partial charge in [-0.3, -0.25) is 0 Å². The number of nitrogens with zero attached hydrogens (tertiary/aromatic N) is 1. The number of nitrogens with one attached hydrogen (secondary N) is 2. The molecule has 0 aliphatic carbocycles. The van der Waals surface area contributed by atoms with Crippen LogP contribution < -0.4 is 16.3 Å². The minimum Gasteiger partial charge on any atom is -0.422 e. The molecule has 0 saturated heterocycles. The first-order valence-electron chi connectivity index (χ1n) is 8.86. The van der Waals surface area contributed by atoms with Crippen molar-refractivity contribution in [3.05, 3.63) is 65.0 Å². The Morgan fingerprint density at radius 3 is 2.59 bits per heavy atom. The van der Waals surface area contributed by atoms with Gasteiger partial charge in [0, 0.05) is 23.7 Å². The maximum Gasteiger partial charge on any atom is 0.344 e. The fraction of sp³-hybridized carbons (Fsp3) is 0.238. The van der Waals surface area contributed by atoms with Crippen LogP contribution in [0.15, 0.2) is 63.8 Å². The highest BCUT2D eigenvalue weighted by atomic mass is 16.4. The zero-order valence-electron chi connectivity index (χ0n) is 15.5. The molecule has 0 bridgehead atoms. The summed E-state index contributed by atoms with van der Waals surface area (Å²) in [4.78, 5) is 26.4. The molecule has 0 aliphatic heterocycles. The Morgan fingerprint density at radius 1 is 1.07 bits per heavy atom. The van der Waals surface area contributed by atoms with Crippen LogP contribution in [-0.2, 0) is 0 Å². The van der Waals surface area contributed by atoms with Gasteiger partial charge >= 0.3 is 11.7 Å². The second-order valence-corrected chi connectivity index (χ2v) is 6.60. The van der Waals surface area contributed by atoms with Gasteiger partial charge in [-0.2, -0.15) is 0 Å². The quantitative estimate of drug-likeness (QED) is 0.518. The van der Waals surface area contributed by atoms with E-state index in [-0.39, 0.29) is 6.03 Å². The van der Waals surface area contributed by atoms with E-state index in [0.29, 0.717) is 23.4 Å². The molecule has 0 atom stereocenters. The summed E-state index contributed by atoms with van der Waals surface area (Å²) in [5.41, 5.74) is 1.93. The summed E-state index contributed by atoms with van der Waals surface area (Å²) in [6.45, 7) is 1.50. The lowest BCUT2D eigenvalue weighted by atomic mass is 10.1. The van der Waals surface area contributed by atoms with Gasteiger partial charge in [-0.05, 0) is 50.8 Å². The topological polar surface area (TPSA) is 74.6 Å². The van der Waals surface area contributed by atoms with Gasteiger partial charge in [0.05, 0.1) is 5.56 Å². The van der Waals surface area contributed by atoms with E-state index in [1.807, 2.05) is 56.6 Å². The highest BCUT2D eigenvalue weighted by Crippen LogP contribution is 2.23. The number of carbonyl (C=O) groups excluding carboxylic acids is 1. The summed E-state index contributed by atoms with van der Waals surface area (Å²) in [5, 5.41) is 6.37. The van der Waals surface area contributed by atoms with E-state index in [4.69, 9.17) is 4.42 Å². The summed E-state index contributed by atoms with van der Waals surface area (Å²) in [6.07, 6.45) is 0.870. The number of anilines is 1. The van der Waals surface area contributed by atoms with Crippen molar-refractivity contribution in [1.29, 1.82) is 0 Å². The Morgan fingerprint density at radius 2 is 1.85 bits per heavy atom. The Hall–Kier alpha value is -3.12. The van der Waals surface area contributed by atoms with E-state index in [2.05, 4.69) is 15.5 Å². The van der Waals surface area contributed by atoms with Gasteiger partial charge in [0.25, 0.3) is 0 Å². The molecule has 1 aromatic heterocycles. The fourth-order valence-electron chi connectivity index (χ4n) is 2.78. The first kappa shape index (κ1) is 18.7. The van der Waals surface area contributed by atoms with Crippen LogP contribution >= 0.6 is 0 Å². The Kier molecular flexibility index (Phi) is 5.88. The van der Waals surface area contributed by atoms with Crippen molar-refractivity contribution in [2.24, 2.45) is 0 Å². The molecule has 0 spiro atoms. The fourth-order valence-corrected chi connectivity index (χ4v) is 2.78. The van der Waals surface area contributed by atoms with Crippen LogP contribution in [0.5, 0.6) is 0 Å². The molecule has 27 heavy (non-hydrogen) atoms. The number of amides is 2. The number of urea groups is 1. The van der Waals surface area contributed by atoms with Crippen LogP contribution in [0, 0.1) is 0 Å². The highest BCUT2D eigenvalue weighted by Gasteiger charge is 2.09. The monoisotopic (exact) mass is 365 g/mol. The van der Waals surface area contributed by atoms with Crippen LogP contribution in [0.2, 0.25) is 0 Å². The van der Waals surface area contributed by atoms with Gasteiger partial charge in [-0.15, -0.1) is 0 Å². The second-order valence-electron chi connectivity index (χ2n) is 6.60. The zero-order chi connectivity index (χ0) is 19.2. The van der Waals surface area contributed by atoms with Gasteiger partial charge < -0.3 is 20.0 Å². The minimum absolute atomic E-state index is 0.281. The summed E-state index contributed by atoms with van der Waals surface area (Å²) in [7, 11) is 3.98. The van der Waals surface area contributed by atoms with Crippen molar-refractivity contribution in [3.8, 4) is 11.1 Å². The first-order valence-corrected chi connectivity index (χ1v) is 8.86. The number of benzene rings is 2. The van der Waals surface area contributed by atoms with E-state index in [0.717, 1.165) is 23.9 Å². The van der Waals surface area contributed by atoms with Crippen LogP contribution in [0.25, 0.3) is 22.1 Å². The normalized spacial score (nSPS) is 10.9. The van der Waals surface area contributed by atoms with Crippen molar-refractivity contribution in [2.75, 3.05) is 32.5 Å². The lowest BCUT2D eigenvalue weighted by Gasteiger charge is -2.11. The van der Waals surface area contributed by atoms with Crippen LogP contribution in [-0.4, -0.2) is 38.1 Å². The molecule has 2 aromatic carbocycles. The molecular weight excluding hydrogens is 342 g/mol. The average Bonchev–Trinajstić information content (AvgIpc) is 2.65. The Balaban J connectivity index is 1.72. The number of hydrogen-bond donors (Lipinski definition) is 2. The highest BCUT2D eigenvalue weighted by molar-refractivity contribution is 5.92. The second kappa shape index (κ2) is 8.51. The standard InChI is InChI=1S/C21H23N3O3/c1-24(2)12-6-11-22-21(26)23-17-10-9-16-13-18(15-7-4-3-5-8-15)20(25)27-19(16)14-17/h3-5,7-10,13-14H,6,11-12H2,1-2H3,(H2,22,23,26). The molecule has 0 unspecified atom stereocenters. The molecule has 2 N–H and O–H groups in total. The molecule has 3 rings (SSSR count). The molecule has 3 aromatic rings. The van der Waals surface area contributed by atoms with Gasteiger partial charge in [-0.1, -0.05) is 30.3 Å². The first-order chi connectivity index (χ1) is 13.0. The van der Waals surface area contributed by atoms with E-state index in [9.17, 15) is 9.59 Å². The molecule has 0 fully saturated rings. The average molecular weight is 365 g/mol. The number of hydrogen-bond acceptors (Lipinski definition) is 4. The minimum atomic E-state index is -0.404. The van der Waals surface area contributed by atoms with Gasteiger partial charge in [0.2, 0.25) is 0 Å². The van der Waals surface area contributed by atoms with E-state index >= 15 is 0 Å². The largest absolute Gasteiger partial charge is 0.422 e. The molecule has 140 valence electrons. The summed E-state index contributed by atoms with van der Waals surface area (Å²) >= 11 is 0. The predicted molar refractivity (Wildman–Crippen MR) is 108 cm³/mol. The van der Waals surface area contributed by atoms with Gasteiger partial charge in [0.15, 0.2) is 0 Å². The number of carbonyl (C=O) groups is 1. The Labute approximate surface area is 157 Å². The molecule has 0 radical (unpaired) electrons. The van der Waals surface area contributed by atoms with Crippen molar-refractivity contribution in [2.45, 2.75) is 6.42 Å². The molecule has 0 aliphatic rings. The van der Waals surface area contributed by atoms with Crippen molar-refractivity contribution < 1.29 is 9.21 Å². The zero-order valence-corrected chi connectivity index (χ0v) is 15.5. The molecule has 6 nitrogen and oxygen atoms in total. The molecule has 0 saturated carbocycles. The maximum atomic E-state index is 12.3. The molecule has 2 amide bonds. The third kappa shape index (κ3) is 4.95. The van der Waals surface area contributed by atoms with E-state index in [1.165, 1.54) is 0 Å². The third-order valence-corrected chi connectivity index (χ3v) is 4.15.